The normalized spacial score (nSPS) is 10.7. The topological polar surface area (TPSA) is 20.3 Å². The second kappa shape index (κ2) is 5.61. The number of nitrogens with zero attached hydrogens (tertiary/aromatic N) is 1. The highest BCUT2D eigenvalue weighted by atomic mass is 19.1. The van der Waals surface area contributed by atoms with Crippen LogP contribution in [0.1, 0.15) is 18.9 Å². The van der Waals surface area contributed by atoms with Gasteiger partial charge in [-0.1, -0.05) is 25.1 Å². The lowest BCUT2D eigenvalue weighted by atomic mass is 10.2. The van der Waals surface area contributed by atoms with Gasteiger partial charge in [0, 0.05) is 18.5 Å². The van der Waals surface area contributed by atoms with Gasteiger partial charge in [0.15, 0.2) is 0 Å². The standard InChI is InChI=1S/C12H16FNO/c1-3-11(15)9-14(2)8-10-6-4-5-7-12(10)13/h4-7H,3,8-9H2,1-2H3. The third kappa shape index (κ3) is 3.80. The monoisotopic (exact) mass is 209 g/mol. The third-order valence-corrected chi connectivity index (χ3v) is 2.24. The Morgan fingerprint density at radius 1 is 1.40 bits per heavy atom. The quantitative estimate of drug-likeness (QED) is 0.741. The van der Waals surface area contributed by atoms with Crippen molar-refractivity contribution < 1.29 is 9.18 Å². The molecule has 0 heterocycles. The summed E-state index contributed by atoms with van der Waals surface area (Å²) >= 11 is 0. The van der Waals surface area contributed by atoms with Crippen molar-refractivity contribution in [1.29, 1.82) is 0 Å². The first-order chi connectivity index (χ1) is 7.13. The van der Waals surface area contributed by atoms with Gasteiger partial charge in [-0.2, -0.15) is 0 Å². The van der Waals surface area contributed by atoms with E-state index < -0.39 is 0 Å². The van der Waals surface area contributed by atoms with Gasteiger partial charge in [-0.15, -0.1) is 0 Å². The average molecular weight is 209 g/mol. The Bertz CT molecular complexity index is 338. The second-order valence-electron chi connectivity index (χ2n) is 3.66. The van der Waals surface area contributed by atoms with Gasteiger partial charge in [0.1, 0.15) is 11.6 Å². The van der Waals surface area contributed by atoms with Crippen LogP contribution in [0.4, 0.5) is 4.39 Å². The summed E-state index contributed by atoms with van der Waals surface area (Å²) in [5.74, 6) is -0.0397. The first kappa shape index (κ1) is 11.9. The molecule has 0 bridgehead atoms. The number of hydrogen-bond donors (Lipinski definition) is 0. The van der Waals surface area contributed by atoms with Crippen LogP contribution in [0.15, 0.2) is 24.3 Å². The zero-order valence-corrected chi connectivity index (χ0v) is 9.16. The maximum atomic E-state index is 13.3. The number of carbonyl (C=O) groups is 1. The van der Waals surface area contributed by atoms with Gasteiger partial charge in [-0.05, 0) is 13.1 Å². The predicted octanol–water partition coefficient (Wildman–Crippen LogP) is 2.24. The molecule has 0 aromatic heterocycles. The highest BCUT2D eigenvalue weighted by Crippen LogP contribution is 2.08. The molecule has 15 heavy (non-hydrogen) atoms. The number of Topliss-reactive ketones (excluding diaryl/α,β-unsaturated/α-hetero) is 1. The van der Waals surface area contributed by atoms with E-state index in [-0.39, 0.29) is 11.6 Å². The minimum Gasteiger partial charge on any atom is -0.298 e. The summed E-state index contributed by atoms with van der Waals surface area (Å²) in [5.41, 5.74) is 0.629. The van der Waals surface area contributed by atoms with Crippen molar-refractivity contribution in [3.63, 3.8) is 0 Å². The molecule has 0 aliphatic rings. The fraction of sp³-hybridized carbons (Fsp3) is 0.417. The number of halogens is 1. The lowest BCUT2D eigenvalue weighted by molar-refractivity contribution is -0.119. The summed E-state index contributed by atoms with van der Waals surface area (Å²) in [6, 6.07) is 6.64. The van der Waals surface area contributed by atoms with Crippen LogP contribution in [0.3, 0.4) is 0 Å². The lowest BCUT2D eigenvalue weighted by Crippen LogP contribution is -2.25. The summed E-state index contributed by atoms with van der Waals surface area (Å²) in [6.07, 6.45) is 0.529. The van der Waals surface area contributed by atoms with E-state index in [9.17, 15) is 9.18 Å². The molecule has 1 rings (SSSR count). The fourth-order valence-corrected chi connectivity index (χ4v) is 1.39. The van der Waals surface area contributed by atoms with Crippen LogP contribution < -0.4 is 0 Å². The van der Waals surface area contributed by atoms with Crippen LogP contribution in [0.25, 0.3) is 0 Å². The van der Waals surface area contributed by atoms with E-state index in [0.717, 1.165) is 0 Å². The van der Waals surface area contributed by atoms with Gasteiger partial charge < -0.3 is 0 Å². The first-order valence-electron chi connectivity index (χ1n) is 5.07. The minimum atomic E-state index is -0.215. The Kier molecular flexibility index (Phi) is 4.43. The van der Waals surface area contributed by atoms with Crippen LogP contribution in [-0.2, 0) is 11.3 Å². The summed E-state index contributed by atoms with van der Waals surface area (Å²) in [7, 11) is 1.82. The van der Waals surface area contributed by atoms with E-state index in [0.29, 0.717) is 25.1 Å². The Morgan fingerprint density at radius 2 is 2.07 bits per heavy atom. The van der Waals surface area contributed by atoms with Crippen molar-refractivity contribution in [2.24, 2.45) is 0 Å². The molecule has 0 aliphatic heterocycles. The maximum absolute atomic E-state index is 13.3. The number of rotatable bonds is 5. The summed E-state index contributed by atoms with van der Waals surface area (Å²) < 4.78 is 13.3. The van der Waals surface area contributed by atoms with E-state index >= 15 is 0 Å². The highest BCUT2D eigenvalue weighted by molar-refractivity contribution is 5.80. The molecule has 0 aliphatic carbocycles. The molecule has 3 heteroatoms. The van der Waals surface area contributed by atoms with Gasteiger partial charge in [0.25, 0.3) is 0 Å². The molecular weight excluding hydrogens is 193 g/mol. The largest absolute Gasteiger partial charge is 0.298 e. The van der Waals surface area contributed by atoms with Gasteiger partial charge in [0.05, 0.1) is 6.54 Å². The molecule has 0 unspecified atom stereocenters. The van der Waals surface area contributed by atoms with Crippen molar-refractivity contribution in [3.05, 3.63) is 35.6 Å². The van der Waals surface area contributed by atoms with E-state index in [1.807, 2.05) is 18.9 Å². The van der Waals surface area contributed by atoms with E-state index in [1.54, 1.807) is 18.2 Å². The fourth-order valence-electron chi connectivity index (χ4n) is 1.39. The van der Waals surface area contributed by atoms with Crippen molar-refractivity contribution in [3.8, 4) is 0 Å². The molecule has 2 nitrogen and oxygen atoms in total. The van der Waals surface area contributed by atoms with Crippen molar-refractivity contribution in [1.82, 2.24) is 4.90 Å². The van der Waals surface area contributed by atoms with Crippen LogP contribution in [0.5, 0.6) is 0 Å². The number of hydrogen-bond acceptors (Lipinski definition) is 2. The number of likely N-dealkylation sites (N-methyl/N-ethyl adjacent to an activating group) is 1. The third-order valence-electron chi connectivity index (χ3n) is 2.24. The van der Waals surface area contributed by atoms with Crippen molar-refractivity contribution >= 4 is 5.78 Å². The second-order valence-corrected chi connectivity index (χ2v) is 3.66. The van der Waals surface area contributed by atoms with Crippen LogP contribution in [0, 0.1) is 5.82 Å². The lowest BCUT2D eigenvalue weighted by Gasteiger charge is -2.15. The molecule has 0 spiro atoms. The van der Waals surface area contributed by atoms with Crippen molar-refractivity contribution in [2.45, 2.75) is 19.9 Å². The SMILES string of the molecule is CCC(=O)CN(C)Cc1ccccc1F. The molecule has 0 saturated heterocycles. The van der Waals surface area contributed by atoms with Gasteiger partial charge in [-0.3, -0.25) is 9.69 Å². The zero-order valence-electron chi connectivity index (χ0n) is 9.16. The highest BCUT2D eigenvalue weighted by Gasteiger charge is 2.07. The summed E-state index contributed by atoms with van der Waals surface area (Å²) in [5, 5.41) is 0. The maximum Gasteiger partial charge on any atom is 0.146 e. The molecule has 0 fully saturated rings. The molecule has 1 aromatic carbocycles. The van der Waals surface area contributed by atoms with Crippen LogP contribution >= 0.6 is 0 Å². The molecule has 0 amide bonds. The van der Waals surface area contributed by atoms with E-state index in [2.05, 4.69) is 0 Å². The van der Waals surface area contributed by atoms with Crippen LogP contribution in [-0.4, -0.2) is 24.3 Å². The van der Waals surface area contributed by atoms with Crippen LogP contribution in [0.2, 0.25) is 0 Å². The van der Waals surface area contributed by atoms with Gasteiger partial charge >= 0.3 is 0 Å². The van der Waals surface area contributed by atoms with Crippen molar-refractivity contribution in [2.75, 3.05) is 13.6 Å². The molecule has 0 radical (unpaired) electrons. The molecule has 0 atom stereocenters. The van der Waals surface area contributed by atoms with E-state index in [1.165, 1.54) is 6.07 Å². The molecule has 0 N–H and O–H groups in total. The van der Waals surface area contributed by atoms with E-state index in [4.69, 9.17) is 0 Å². The Balaban J connectivity index is 2.55. The predicted molar refractivity (Wildman–Crippen MR) is 58.0 cm³/mol. The van der Waals surface area contributed by atoms with Gasteiger partial charge in [-0.25, -0.2) is 4.39 Å². The molecular formula is C12H16FNO. The average Bonchev–Trinajstić information content (AvgIpc) is 2.21. The first-order valence-corrected chi connectivity index (χ1v) is 5.07. The summed E-state index contributed by atoms with van der Waals surface area (Å²) in [6.45, 7) is 2.68. The molecule has 0 saturated carbocycles. The Labute approximate surface area is 89.7 Å². The molecule has 82 valence electrons. The summed E-state index contributed by atoms with van der Waals surface area (Å²) in [4.78, 5) is 13.0. The Hall–Kier alpha value is -1.22. The number of benzene rings is 1. The van der Waals surface area contributed by atoms with Gasteiger partial charge in [0.2, 0.25) is 0 Å². The smallest absolute Gasteiger partial charge is 0.146 e. The Morgan fingerprint density at radius 3 is 2.67 bits per heavy atom. The number of carbonyl (C=O) groups excluding carboxylic acids is 1. The zero-order chi connectivity index (χ0) is 11.3. The molecule has 1 aromatic rings. The minimum absolute atomic E-state index is 0.175. The number of ketones is 1.